The van der Waals surface area contributed by atoms with Crippen LogP contribution in [-0.4, -0.2) is 52.2 Å². The summed E-state index contributed by atoms with van der Waals surface area (Å²) in [5.74, 6) is 0.716. The number of aryl methyl sites for hydroxylation is 3. The van der Waals surface area contributed by atoms with Gasteiger partial charge in [-0.3, -0.25) is 9.78 Å². The summed E-state index contributed by atoms with van der Waals surface area (Å²) >= 11 is 1.67. The molecule has 0 radical (unpaired) electrons. The van der Waals surface area contributed by atoms with Gasteiger partial charge in [-0.05, 0) is 37.8 Å². The fraction of sp³-hybridized carbons (Fsp3) is 0.550. The second kappa shape index (κ2) is 6.56. The zero-order valence-electron chi connectivity index (χ0n) is 15.4. The van der Waals surface area contributed by atoms with E-state index in [9.17, 15) is 4.79 Å². The molecule has 2 saturated heterocycles. The van der Waals surface area contributed by atoms with Gasteiger partial charge in [0.15, 0.2) is 0 Å². The molecule has 1 amide bonds. The first-order valence-electron chi connectivity index (χ1n) is 9.60. The molecule has 4 heterocycles. The van der Waals surface area contributed by atoms with Crippen molar-refractivity contribution in [1.82, 2.24) is 14.9 Å². The Labute approximate surface area is 162 Å². The molecule has 0 aromatic carbocycles. The highest BCUT2D eigenvalue weighted by Gasteiger charge is 2.50. The topological polar surface area (TPSA) is 64.6 Å². The largest absolute Gasteiger partial charge is 0.473 e. The number of ether oxygens (including phenoxy) is 2. The van der Waals surface area contributed by atoms with Crippen molar-refractivity contribution in [2.45, 2.75) is 50.7 Å². The Morgan fingerprint density at radius 1 is 1.37 bits per heavy atom. The van der Waals surface area contributed by atoms with Crippen LogP contribution in [0.1, 0.15) is 45.1 Å². The standard InChI is InChI=1S/C20H23N3O3S/c1-13-9-21-10-18(22-13)26-15-5-6-25-20(8-15)11-23(12-20)19(24)17-7-14-3-2-4-16(14)27-17/h7,9-10,15H,2-6,8,11-12H2,1H3/t15-/m0/s1. The average Bonchev–Trinajstić information content (AvgIpc) is 3.21. The van der Waals surface area contributed by atoms with E-state index in [0.29, 0.717) is 25.6 Å². The lowest BCUT2D eigenvalue weighted by Crippen LogP contribution is -2.67. The average molecular weight is 385 g/mol. The molecule has 0 saturated carbocycles. The SMILES string of the molecule is Cc1cncc(O[C@H]2CCOC3(C2)CN(C(=O)c2cc4c(s2)CCC4)C3)n1. The molecule has 0 unspecified atom stereocenters. The van der Waals surface area contributed by atoms with Gasteiger partial charge >= 0.3 is 0 Å². The van der Waals surface area contributed by atoms with Crippen LogP contribution >= 0.6 is 11.3 Å². The van der Waals surface area contributed by atoms with Gasteiger partial charge in [-0.15, -0.1) is 11.3 Å². The van der Waals surface area contributed by atoms with E-state index >= 15 is 0 Å². The van der Waals surface area contributed by atoms with Gasteiger partial charge in [0.2, 0.25) is 5.88 Å². The number of rotatable bonds is 3. The predicted molar refractivity (Wildman–Crippen MR) is 101 cm³/mol. The van der Waals surface area contributed by atoms with E-state index < -0.39 is 0 Å². The molecule has 7 heteroatoms. The third kappa shape index (κ3) is 3.23. The maximum atomic E-state index is 12.8. The first kappa shape index (κ1) is 17.1. The van der Waals surface area contributed by atoms with Gasteiger partial charge in [0.1, 0.15) is 11.7 Å². The second-order valence-corrected chi connectivity index (χ2v) is 8.97. The van der Waals surface area contributed by atoms with Crippen molar-refractivity contribution in [3.63, 3.8) is 0 Å². The molecular formula is C20H23N3O3S. The van der Waals surface area contributed by atoms with Crippen LogP contribution in [0.3, 0.4) is 0 Å². The molecule has 0 N–H and O–H groups in total. The highest BCUT2D eigenvalue weighted by Crippen LogP contribution is 2.38. The number of likely N-dealkylation sites (tertiary alicyclic amines) is 1. The number of hydrogen-bond donors (Lipinski definition) is 0. The van der Waals surface area contributed by atoms with Crippen molar-refractivity contribution in [1.29, 1.82) is 0 Å². The van der Waals surface area contributed by atoms with E-state index in [1.807, 2.05) is 11.8 Å². The highest BCUT2D eigenvalue weighted by molar-refractivity contribution is 7.14. The van der Waals surface area contributed by atoms with Crippen LogP contribution in [-0.2, 0) is 17.6 Å². The van der Waals surface area contributed by atoms with Gasteiger partial charge in [0.05, 0.1) is 36.5 Å². The third-order valence-electron chi connectivity index (χ3n) is 5.67. The Morgan fingerprint density at radius 2 is 2.26 bits per heavy atom. The quantitative estimate of drug-likeness (QED) is 0.813. The van der Waals surface area contributed by atoms with Crippen LogP contribution < -0.4 is 4.74 Å². The third-order valence-corrected chi connectivity index (χ3v) is 6.90. The molecule has 1 aliphatic carbocycles. The minimum Gasteiger partial charge on any atom is -0.473 e. The summed E-state index contributed by atoms with van der Waals surface area (Å²) in [6.07, 6.45) is 8.52. The number of amides is 1. The number of fused-ring (bicyclic) bond motifs is 1. The Kier molecular flexibility index (Phi) is 4.16. The van der Waals surface area contributed by atoms with Crippen LogP contribution in [0.2, 0.25) is 0 Å². The zero-order chi connectivity index (χ0) is 18.4. The summed E-state index contributed by atoms with van der Waals surface area (Å²) in [6.45, 7) is 3.85. The molecule has 2 aromatic rings. The fourth-order valence-electron chi connectivity index (χ4n) is 4.36. The molecular weight excluding hydrogens is 362 g/mol. The molecule has 1 atom stereocenters. The summed E-state index contributed by atoms with van der Waals surface area (Å²) in [5.41, 5.74) is 1.95. The molecule has 2 fully saturated rings. The van der Waals surface area contributed by atoms with Crippen LogP contribution in [0, 0.1) is 6.92 Å². The van der Waals surface area contributed by atoms with Gasteiger partial charge in [-0.2, -0.15) is 0 Å². The van der Waals surface area contributed by atoms with Gasteiger partial charge in [0.25, 0.3) is 5.91 Å². The zero-order valence-corrected chi connectivity index (χ0v) is 16.3. The van der Waals surface area contributed by atoms with E-state index in [4.69, 9.17) is 9.47 Å². The van der Waals surface area contributed by atoms with Crippen LogP contribution in [0.15, 0.2) is 18.5 Å². The van der Waals surface area contributed by atoms with E-state index in [-0.39, 0.29) is 17.6 Å². The molecule has 1 spiro atoms. The Hall–Kier alpha value is -1.99. The van der Waals surface area contributed by atoms with Crippen molar-refractivity contribution in [2.75, 3.05) is 19.7 Å². The lowest BCUT2D eigenvalue weighted by molar-refractivity contribution is -0.174. The smallest absolute Gasteiger partial charge is 0.264 e. The lowest BCUT2D eigenvalue weighted by Gasteiger charge is -2.52. The first-order chi connectivity index (χ1) is 13.1. The lowest BCUT2D eigenvalue weighted by atomic mass is 9.84. The number of nitrogens with zero attached hydrogens (tertiary/aromatic N) is 3. The normalized spacial score (nSPS) is 23.1. The summed E-state index contributed by atoms with van der Waals surface area (Å²) in [7, 11) is 0. The molecule has 2 aliphatic heterocycles. The van der Waals surface area contributed by atoms with E-state index in [0.717, 1.165) is 36.3 Å². The summed E-state index contributed by atoms with van der Waals surface area (Å²) < 4.78 is 12.1. The molecule has 142 valence electrons. The monoisotopic (exact) mass is 385 g/mol. The van der Waals surface area contributed by atoms with Crippen molar-refractivity contribution >= 4 is 17.2 Å². The van der Waals surface area contributed by atoms with Crippen molar-refractivity contribution in [3.05, 3.63) is 39.5 Å². The minimum absolute atomic E-state index is 0.0534. The van der Waals surface area contributed by atoms with Gasteiger partial charge in [-0.1, -0.05) is 0 Å². The van der Waals surface area contributed by atoms with Gasteiger partial charge < -0.3 is 14.4 Å². The van der Waals surface area contributed by atoms with Gasteiger partial charge in [-0.25, -0.2) is 4.98 Å². The van der Waals surface area contributed by atoms with Crippen LogP contribution in [0.25, 0.3) is 0 Å². The van der Waals surface area contributed by atoms with Crippen molar-refractivity contribution in [3.8, 4) is 5.88 Å². The fourth-order valence-corrected chi connectivity index (χ4v) is 5.58. The minimum atomic E-state index is -0.268. The first-order valence-corrected chi connectivity index (χ1v) is 10.4. The Balaban J connectivity index is 1.21. The molecule has 0 bridgehead atoms. The summed E-state index contributed by atoms with van der Waals surface area (Å²) in [5, 5.41) is 0. The number of hydrogen-bond acceptors (Lipinski definition) is 6. The molecule has 27 heavy (non-hydrogen) atoms. The van der Waals surface area contributed by atoms with E-state index in [1.54, 1.807) is 23.7 Å². The Morgan fingerprint density at radius 3 is 3.07 bits per heavy atom. The summed E-state index contributed by atoms with van der Waals surface area (Å²) in [6, 6.07) is 2.10. The Bertz CT molecular complexity index is 854. The number of carbonyl (C=O) groups is 1. The number of thiophene rings is 1. The molecule has 2 aromatic heterocycles. The molecule has 3 aliphatic rings. The van der Waals surface area contributed by atoms with Crippen molar-refractivity contribution < 1.29 is 14.3 Å². The summed E-state index contributed by atoms with van der Waals surface area (Å²) in [4.78, 5) is 25.5. The van der Waals surface area contributed by atoms with Crippen LogP contribution in [0.4, 0.5) is 0 Å². The van der Waals surface area contributed by atoms with E-state index in [2.05, 4.69) is 16.0 Å². The molecule has 5 rings (SSSR count). The van der Waals surface area contributed by atoms with Crippen LogP contribution in [0.5, 0.6) is 5.88 Å². The number of carbonyl (C=O) groups excluding carboxylic acids is 1. The van der Waals surface area contributed by atoms with Gasteiger partial charge in [0, 0.05) is 23.9 Å². The van der Waals surface area contributed by atoms with E-state index in [1.165, 1.54) is 16.9 Å². The maximum absolute atomic E-state index is 12.8. The van der Waals surface area contributed by atoms with Crippen molar-refractivity contribution in [2.24, 2.45) is 0 Å². The highest BCUT2D eigenvalue weighted by atomic mass is 32.1. The second-order valence-electron chi connectivity index (χ2n) is 7.84. The molecule has 6 nitrogen and oxygen atoms in total. The predicted octanol–water partition coefficient (Wildman–Crippen LogP) is 2.79. The maximum Gasteiger partial charge on any atom is 0.264 e. The number of aromatic nitrogens is 2.